The first-order chi connectivity index (χ1) is 31.4. The fraction of sp³-hybridized carbons (Fsp3) is 0.167. The van der Waals surface area contributed by atoms with E-state index in [1.165, 1.54) is 0 Å². The van der Waals surface area contributed by atoms with E-state index >= 15 is 0 Å². The molecule has 0 atom stereocenters. The Hall–Kier alpha value is -6.65. The monoisotopic (exact) mass is 1070 g/mol. The van der Waals surface area contributed by atoms with Crippen molar-refractivity contribution in [2.45, 2.75) is 38.5 Å². The van der Waals surface area contributed by atoms with Crippen molar-refractivity contribution in [3.8, 4) is 46.1 Å². The number of carbonyl (C=O) groups is 2. The van der Waals surface area contributed by atoms with E-state index in [1.54, 1.807) is 24.8 Å². The minimum atomic E-state index is -4.94. The van der Waals surface area contributed by atoms with E-state index in [0.29, 0.717) is 23.3 Å². The second kappa shape index (κ2) is 29.2. The van der Waals surface area contributed by atoms with Crippen molar-refractivity contribution in [3.63, 3.8) is 0 Å². The number of hydrogen-bond acceptors (Lipinski definition) is 24. The molecule has 0 saturated carbocycles. The molecule has 8 aromatic rings. The van der Waals surface area contributed by atoms with Gasteiger partial charge in [0.05, 0.1) is 11.9 Å². The Labute approximate surface area is 406 Å². The van der Waals surface area contributed by atoms with Crippen molar-refractivity contribution < 1.29 is 111 Å². The number of aromatic nitrogens is 16. The molecule has 0 radical (unpaired) electrons. The van der Waals surface area contributed by atoms with Gasteiger partial charge < -0.3 is 19.8 Å². The molecule has 8 aromatic heterocycles. The van der Waals surface area contributed by atoms with Crippen LogP contribution in [0.5, 0.6) is 0 Å². The van der Waals surface area contributed by atoms with Gasteiger partial charge in [0, 0.05) is 50.5 Å². The summed E-state index contributed by atoms with van der Waals surface area (Å²) in [5, 5.41) is 46.5. The van der Waals surface area contributed by atoms with E-state index in [0.717, 1.165) is 84.6 Å². The van der Waals surface area contributed by atoms with Gasteiger partial charge in [-0.2, -0.15) is 20.4 Å². The second-order valence-electron chi connectivity index (χ2n) is 12.3. The van der Waals surface area contributed by atoms with Gasteiger partial charge in [0.1, 0.15) is 34.4 Å². The summed E-state index contributed by atoms with van der Waals surface area (Å²) >= 11 is 0. The quantitative estimate of drug-likeness (QED) is 0.0652. The molecule has 0 aromatic carbocycles. The standard InChI is InChI=1S/2C17H16N8.C2H2O4.2ClHO4.2Ni/c2*1-3-10-18-12(6-1)16-20-14(22-24-16)8-5-9-15-21-17(25-23-15)13-7-2-4-11-19-13;3-1(4)2(5)6;2*2-1(3,4)5;;/h2*1-4,6-7,10-11H,5,8-9H2,(H,20,22,24)(H,21,23,25);(H,3,4)(H,5,6);2*(H,2,3,4,5);;/q;;;;;2*+2/p-4. The van der Waals surface area contributed by atoms with Crippen LogP contribution in [-0.2, 0) is 68.3 Å². The summed E-state index contributed by atoms with van der Waals surface area (Å²) in [6, 6.07) is 22.7. The molecular weight excluding hydrogens is 1040 g/mol. The van der Waals surface area contributed by atoms with Gasteiger partial charge in [-0.3, -0.25) is 40.3 Å². The first kappa shape index (κ1) is 57.5. The normalized spacial score (nSPS) is 10.4. The van der Waals surface area contributed by atoms with Crippen molar-refractivity contribution in [2.24, 2.45) is 0 Å². The maximum Gasteiger partial charge on any atom is 2.00 e. The number of aromatic amines is 4. The first-order valence-electron chi connectivity index (χ1n) is 18.4. The topological polar surface area (TPSA) is 483 Å². The van der Waals surface area contributed by atoms with Gasteiger partial charge in [0.25, 0.3) is 0 Å². The number of aliphatic carboxylic acids is 2. The van der Waals surface area contributed by atoms with E-state index in [4.69, 9.17) is 57.1 Å². The number of hydrogen-bond donors (Lipinski definition) is 4. The predicted molar refractivity (Wildman–Crippen MR) is 193 cm³/mol. The smallest absolute Gasteiger partial charge is 0.543 e. The van der Waals surface area contributed by atoms with E-state index in [2.05, 4.69) is 80.7 Å². The Morgan fingerprint density at radius 3 is 1.01 bits per heavy atom. The minimum absolute atomic E-state index is 0. The molecule has 0 fully saturated rings. The molecule has 32 heteroatoms. The molecule has 0 aliphatic heterocycles. The molecule has 68 heavy (non-hydrogen) atoms. The number of nitrogens with zero attached hydrogens (tertiary/aromatic N) is 12. The Bertz CT molecular complexity index is 2290. The van der Waals surface area contributed by atoms with Crippen molar-refractivity contribution in [3.05, 3.63) is 121 Å². The summed E-state index contributed by atoms with van der Waals surface area (Å²) in [6.45, 7) is 0. The molecule has 8 heterocycles. The number of carboxylic acid groups (broad SMARTS) is 2. The summed E-state index contributed by atoms with van der Waals surface area (Å²) in [6.07, 6.45) is 11.7. The molecular formula is C36H32Cl2N16Ni2O12. The Kier molecular flexibility index (Phi) is 24.7. The molecule has 0 spiro atoms. The first-order valence-corrected chi connectivity index (χ1v) is 20.8. The van der Waals surface area contributed by atoms with Crippen LogP contribution < -0.4 is 47.5 Å². The minimum Gasteiger partial charge on any atom is -0.543 e. The van der Waals surface area contributed by atoms with Gasteiger partial charge in [0.2, 0.25) is 0 Å². The van der Waals surface area contributed by atoms with Crippen LogP contribution in [-0.4, -0.2) is 92.6 Å². The van der Waals surface area contributed by atoms with Crippen molar-refractivity contribution in [1.82, 2.24) is 80.7 Å². The van der Waals surface area contributed by atoms with Crippen molar-refractivity contribution >= 4 is 11.9 Å². The summed E-state index contributed by atoms with van der Waals surface area (Å²) < 4.78 is 67.9. The maximum atomic E-state index is 8.93. The van der Waals surface area contributed by atoms with Crippen molar-refractivity contribution in [1.29, 1.82) is 0 Å². The number of pyridine rings is 4. The van der Waals surface area contributed by atoms with E-state index in [-0.39, 0.29) is 33.0 Å². The zero-order valence-corrected chi connectivity index (χ0v) is 37.6. The van der Waals surface area contributed by atoms with Crippen LogP contribution >= 0.6 is 0 Å². The molecule has 28 nitrogen and oxygen atoms in total. The zero-order valence-electron chi connectivity index (χ0n) is 34.1. The zero-order chi connectivity index (χ0) is 48.0. The van der Waals surface area contributed by atoms with E-state index < -0.39 is 32.4 Å². The third-order valence-electron chi connectivity index (χ3n) is 7.52. The van der Waals surface area contributed by atoms with Gasteiger partial charge >= 0.3 is 33.0 Å². The van der Waals surface area contributed by atoms with E-state index in [9.17, 15) is 0 Å². The Morgan fingerprint density at radius 2 is 0.735 bits per heavy atom. The average Bonchev–Trinajstić information content (AvgIpc) is 4.14. The summed E-state index contributed by atoms with van der Waals surface area (Å²) in [7, 11) is -9.89. The molecule has 0 amide bonds. The fourth-order valence-electron chi connectivity index (χ4n) is 4.91. The average molecular weight is 1070 g/mol. The number of rotatable bonds is 12. The summed E-state index contributed by atoms with van der Waals surface area (Å²) in [4.78, 5) is 52.8. The van der Waals surface area contributed by atoms with Gasteiger partial charge in [-0.15, -0.1) is 20.5 Å². The second-order valence-corrected chi connectivity index (χ2v) is 13.8. The van der Waals surface area contributed by atoms with Gasteiger partial charge in [-0.1, -0.05) is 24.3 Å². The van der Waals surface area contributed by atoms with Gasteiger partial charge in [0.15, 0.2) is 34.9 Å². The number of halogens is 2. The van der Waals surface area contributed by atoms with E-state index in [1.807, 2.05) is 72.8 Å². The predicted octanol–water partition coefficient (Wildman–Crippen LogP) is -8.59. The van der Waals surface area contributed by atoms with Crippen LogP contribution in [0.2, 0.25) is 0 Å². The SMILES string of the molecule is O=C([O-])C(=O)[O-].[Ni+2].[Ni+2].[O-][Cl+3]([O-])([O-])[O-].[O-][Cl+3]([O-])([O-])[O-].c1ccc(-c2n[nH]c(CCCc3n[nH]c(-c4ccccn4)n3)n2)nc1.c1ccc(-c2n[nH]c(CCCc3n[nH]c(-c4ccccn4)n3)n2)nc1. The summed E-state index contributed by atoms with van der Waals surface area (Å²) in [5.74, 6) is 1.44. The number of nitrogens with one attached hydrogen (secondary N) is 4. The largest absolute Gasteiger partial charge is 2.00 e. The molecule has 0 saturated heterocycles. The molecule has 4 N–H and O–H groups in total. The fourth-order valence-corrected chi connectivity index (χ4v) is 4.91. The van der Waals surface area contributed by atoms with Gasteiger partial charge in [-0.05, 0) is 61.4 Å². The molecule has 0 aliphatic carbocycles. The number of carbonyl (C=O) groups excluding carboxylic acids is 2. The Morgan fingerprint density at radius 1 is 0.426 bits per heavy atom. The number of H-pyrrole nitrogens is 4. The van der Waals surface area contributed by atoms with Crippen LogP contribution in [0.4, 0.5) is 0 Å². The molecule has 0 bridgehead atoms. The van der Waals surface area contributed by atoms with Crippen LogP contribution in [0.3, 0.4) is 0 Å². The van der Waals surface area contributed by atoms with Crippen LogP contribution in [0.25, 0.3) is 46.1 Å². The maximum absolute atomic E-state index is 8.93. The third kappa shape index (κ3) is 23.2. The molecule has 8 rings (SSSR count). The molecule has 362 valence electrons. The Balaban J connectivity index is 0.000000347. The van der Waals surface area contributed by atoms with Gasteiger partial charge in [-0.25, -0.2) is 57.2 Å². The summed E-state index contributed by atoms with van der Waals surface area (Å²) in [5.41, 5.74) is 3.10. The molecule has 0 aliphatic rings. The number of aryl methyl sites for hydroxylation is 4. The number of carboxylic acids is 2. The van der Waals surface area contributed by atoms with Crippen LogP contribution in [0, 0.1) is 20.5 Å². The van der Waals surface area contributed by atoms with Crippen molar-refractivity contribution in [2.75, 3.05) is 0 Å². The van der Waals surface area contributed by atoms with Crippen LogP contribution in [0.1, 0.15) is 36.1 Å². The van der Waals surface area contributed by atoms with Crippen LogP contribution in [0.15, 0.2) is 97.6 Å². The molecule has 0 unspecified atom stereocenters. The third-order valence-corrected chi connectivity index (χ3v) is 7.52.